The maximum Gasteiger partial charge on any atom is 0.253 e. The zero-order valence-electron chi connectivity index (χ0n) is 15.3. The number of carbonyl (C=O) groups is 2. The standard InChI is InChI=1S/C21H23ClN2O3/c1-2-27-19-8-6-15(7-9-19)20(25)23-18-10-12-24(13-11-18)21(26)16-4-3-5-17(22)14-16/h3-9,14,18H,2,10-13H2,1H3,(H,23,25). The third-order valence-corrected chi connectivity index (χ3v) is 4.85. The molecular formula is C21H23ClN2O3. The van der Waals surface area contributed by atoms with Gasteiger partial charge in [0.05, 0.1) is 6.61 Å². The minimum absolute atomic E-state index is 0.0196. The van der Waals surface area contributed by atoms with Gasteiger partial charge in [-0.3, -0.25) is 9.59 Å². The summed E-state index contributed by atoms with van der Waals surface area (Å²) in [5.74, 6) is 0.633. The highest BCUT2D eigenvalue weighted by atomic mass is 35.5. The number of hydrogen-bond acceptors (Lipinski definition) is 3. The molecule has 27 heavy (non-hydrogen) atoms. The van der Waals surface area contributed by atoms with Gasteiger partial charge in [-0.2, -0.15) is 0 Å². The topological polar surface area (TPSA) is 58.6 Å². The largest absolute Gasteiger partial charge is 0.494 e. The van der Waals surface area contributed by atoms with E-state index in [4.69, 9.17) is 16.3 Å². The van der Waals surface area contributed by atoms with Crippen molar-refractivity contribution in [2.45, 2.75) is 25.8 Å². The molecule has 0 bridgehead atoms. The predicted molar refractivity (Wildman–Crippen MR) is 105 cm³/mol. The number of nitrogens with zero attached hydrogens (tertiary/aromatic N) is 1. The minimum Gasteiger partial charge on any atom is -0.494 e. The van der Waals surface area contributed by atoms with E-state index in [1.807, 2.05) is 11.8 Å². The van der Waals surface area contributed by atoms with Crippen LogP contribution in [-0.4, -0.2) is 42.5 Å². The number of halogens is 1. The van der Waals surface area contributed by atoms with Crippen molar-refractivity contribution >= 4 is 23.4 Å². The van der Waals surface area contributed by atoms with Crippen molar-refractivity contribution in [3.05, 3.63) is 64.7 Å². The van der Waals surface area contributed by atoms with Crippen molar-refractivity contribution in [1.82, 2.24) is 10.2 Å². The van der Waals surface area contributed by atoms with Crippen molar-refractivity contribution in [2.75, 3.05) is 19.7 Å². The molecule has 1 N–H and O–H groups in total. The lowest BCUT2D eigenvalue weighted by atomic mass is 10.0. The van der Waals surface area contributed by atoms with Gasteiger partial charge in [0.25, 0.3) is 11.8 Å². The Morgan fingerprint density at radius 1 is 1.11 bits per heavy atom. The van der Waals surface area contributed by atoms with Crippen LogP contribution in [0.15, 0.2) is 48.5 Å². The molecule has 0 atom stereocenters. The summed E-state index contributed by atoms with van der Waals surface area (Å²) in [7, 11) is 0. The molecule has 0 aliphatic carbocycles. The zero-order chi connectivity index (χ0) is 19.2. The number of nitrogens with one attached hydrogen (secondary N) is 1. The summed E-state index contributed by atoms with van der Waals surface area (Å²) in [5, 5.41) is 3.61. The highest BCUT2D eigenvalue weighted by Gasteiger charge is 2.25. The highest BCUT2D eigenvalue weighted by Crippen LogP contribution is 2.18. The van der Waals surface area contributed by atoms with Gasteiger partial charge in [-0.1, -0.05) is 17.7 Å². The minimum atomic E-state index is -0.0994. The quantitative estimate of drug-likeness (QED) is 0.850. The number of ether oxygens (including phenoxy) is 1. The normalized spacial score (nSPS) is 14.7. The van der Waals surface area contributed by atoms with Gasteiger partial charge in [-0.05, 0) is 62.2 Å². The van der Waals surface area contributed by atoms with E-state index in [9.17, 15) is 9.59 Å². The molecule has 5 nitrogen and oxygen atoms in total. The van der Waals surface area contributed by atoms with Crippen molar-refractivity contribution in [2.24, 2.45) is 0 Å². The van der Waals surface area contributed by atoms with Crippen LogP contribution in [0.2, 0.25) is 5.02 Å². The molecule has 0 saturated carbocycles. The number of carbonyl (C=O) groups excluding carboxylic acids is 2. The maximum atomic E-state index is 12.6. The van der Waals surface area contributed by atoms with Gasteiger partial charge in [-0.15, -0.1) is 0 Å². The number of amides is 2. The Kier molecular flexibility index (Phi) is 6.35. The molecule has 0 aromatic heterocycles. The monoisotopic (exact) mass is 386 g/mol. The lowest BCUT2D eigenvalue weighted by Gasteiger charge is -2.32. The Morgan fingerprint density at radius 2 is 1.81 bits per heavy atom. The molecule has 1 aliphatic heterocycles. The molecule has 1 aliphatic rings. The van der Waals surface area contributed by atoms with Crippen molar-refractivity contribution < 1.29 is 14.3 Å². The number of benzene rings is 2. The molecule has 2 aromatic rings. The fourth-order valence-corrected chi connectivity index (χ4v) is 3.36. The summed E-state index contributed by atoms with van der Waals surface area (Å²) < 4.78 is 5.39. The molecule has 1 fully saturated rings. The van der Waals surface area contributed by atoms with Gasteiger partial charge >= 0.3 is 0 Å². The van der Waals surface area contributed by atoms with Crippen LogP contribution < -0.4 is 10.1 Å². The van der Waals surface area contributed by atoms with E-state index in [2.05, 4.69) is 5.32 Å². The Labute approximate surface area is 164 Å². The smallest absolute Gasteiger partial charge is 0.253 e. The molecule has 6 heteroatoms. The first kappa shape index (κ1) is 19.2. The van der Waals surface area contributed by atoms with Crippen LogP contribution in [0.5, 0.6) is 5.75 Å². The highest BCUT2D eigenvalue weighted by molar-refractivity contribution is 6.30. The average Bonchev–Trinajstić information content (AvgIpc) is 2.69. The Hall–Kier alpha value is -2.53. The molecule has 0 unspecified atom stereocenters. The fraction of sp³-hybridized carbons (Fsp3) is 0.333. The number of hydrogen-bond donors (Lipinski definition) is 1. The summed E-state index contributed by atoms with van der Waals surface area (Å²) >= 11 is 5.97. The Bertz CT molecular complexity index is 799. The number of rotatable bonds is 5. The van der Waals surface area contributed by atoms with Crippen molar-refractivity contribution in [1.29, 1.82) is 0 Å². The average molecular weight is 387 g/mol. The summed E-state index contributed by atoms with van der Waals surface area (Å²) in [5.41, 5.74) is 1.20. The lowest BCUT2D eigenvalue weighted by molar-refractivity contribution is 0.0698. The SMILES string of the molecule is CCOc1ccc(C(=O)NC2CCN(C(=O)c3cccc(Cl)c3)CC2)cc1. The van der Waals surface area contributed by atoms with Crippen LogP contribution in [0, 0.1) is 0 Å². The van der Waals surface area contributed by atoms with E-state index in [1.54, 1.807) is 48.5 Å². The second kappa shape index (κ2) is 8.91. The van der Waals surface area contributed by atoms with Gasteiger partial charge in [0, 0.05) is 35.3 Å². The molecule has 1 heterocycles. The van der Waals surface area contributed by atoms with Crippen LogP contribution in [0.4, 0.5) is 0 Å². The van der Waals surface area contributed by atoms with Crippen LogP contribution in [0.25, 0.3) is 0 Å². The van der Waals surface area contributed by atoms with E-state index in [1.165, 1.54) is 0 Å². The maximum absolute atomic E-state index is 12.6. The number of piperidine rings is 1. The van der Waals surface area contributed by atoms with E-state index in [0.717, 1.165) is 18.6 Å². The first-order valence-electron chi connectivity index (χ1n) is 9.15. The molecule has 2 aromatic carbocycles. The van der Waals surface area contributed by atoms with Gasteiger partial charge in [-0.25, -0.2) is 0 Å². The molecule has 0 radical (unpaired) electrons. The first-order chi connectivity index (χ1) is 13.1. The van der Waals surface area contributed by atoms with Crippen LogP contribution in [-0.2, 0) is 0 Å². The Balaban J connectivity index is 1.51. The molecule has 3 rings (SSSR count). The molecule has 142 valence electrons. The molecule has 0 spiro atoms. The third kappa shape index (κ3) is 5.01. The van der Waals surface area contributed by atoms with Crippen LogP contribution >= 0.6 is 11.6 Å². The summed E-state index contributed by atoms with van der Waals surface area (Å²) in [4.78, 5) is 26.8. The summed E-state index contributed by atoms with van der Waals surface area (Å²) in [6, 6.07) is 14.2. The van der Waals surface area contributed by atoms with Crippen LogP contribution in [0.1, 0.15) is 40.5 Å². The van der Waals surface area contributed by atoms with E-state index in [0.29, 0.717) is 35.8 Å². The van der Waals surface area contributed by atoms with E-state index in [-0.39, 0.29) is 17.9 Å². The lowest BCUT2D eigenvalue weighted by Crippen LogP contribution is -2.46. The van der Waals surface area contributed by atoms with Gasteiger partial charge in [0.2, 0.25) is 0 Å². The molecule has 1 saturated heterocycles. The zero-order valence-corrected chi connectivity index (χ0v) is 16.0. The van der Waals surface area contributed by atoms with Crippen LogP contribution in [0.3, 0.4) is 0 Å². The van der Waals surface area contributed by atoms with Gasteiger partial charge < -0.3 is 15.0 Å². The van der Waals surface area contributed by atoms with Gasteiger partial charge in [0.1, 0.15) is 5.75 Å². The second-order valence-corrected chi connectivity index (χ2v) is 6.94. The van der Waals surface area contributed by atoms with Gasteiger partial charge in [0.15, 0.2) is 0 Å². The molecule has 2 amide bonds. The first-order valence-corrected chi connectivity index (χ1v) is 9.53. The molecular weight excluding hydrogens is 364 g/mol. The third-order valence-electron chi connectivity index (χ3n) is 4.62. The number of likely N-dealkylation sites (tertiary alicyclic amines) is 1. The predicted octanol–water partition coefficient (Wildman–Crippen LogP) is 3.77. The fourth-order valence-electron chi connectivity index (χ4n) is 3.17. The van der Waals surface area contributed by atoms with E-state index >= 15 is 0 Å². The van der Waals surface area contributed by atoms with Crippen molar-refractivity contribution in [3.63, 3.8) is 0 Å². The summed E-state index contributed by atoms with van der Waals surface area (Å²) in [6.07, 6.45) is 1.46. The van der Waals surface area contributed by atoms with E-state index < -0.39 is 0 Å². The van der Waals surface area contributed by atoms with Crippen molar-refractivity contribution in [3.8, 4) is 5.75 Å². The second-order valence-electron chi connectivity index (χ2n) is 6.51. The summed E-state index contributed by atoms with van der Waals surface area (Å²) in [6.45, 7) is 3.74. The Morgan fingerprint density at radius 3 is 2.44 bits per heavy atom.